The molecule has 0 bridgehead atoms. The van der Waals surface area contributed by atoms with Gasteiger partial charge in [0.05, 0.1) is 12.5 Å². The largest absolute Gasteiger partial charge is 0.376 e. The van der Waals surface area contributed by atoms with Crippen LogP contribution in [0.1, 0.15) is 25.7 Å². The van der Waals surface area contributed by atoms with Crippen LogP contribution in [0.3, 0.4) is 0 Å². The predicted octanol–water partition coefficient (Wildman–Crippen LogP) is 0.357. The lowest BCUT2D eigenvalue weighted by molar-refractivity contribution is -0.140. The zero-order chi connectivity index (χ0) is 9.97. The SMILES string of the molecule is O=C1CCN(CC2CCCO2)C(=O)C1. The Bertz CT molecular complexity index is 246. The summed E-state index contributed by atoms with van der Waals surface area (Å²) in [5.41, 5.74) is 0. The average molecular weight is 197 g/mol. The Morgan fingerprint density at radius 3 is 2.93 bits per heavy atom. The lowest BCUT2D eigenvalue weighted by Gasteiger charge is -2.28. The number of likely N-dealkylation sites (tertiary alicyclic amines) is 1. The van der Waals surface area contributed by atoms with Crippen LogP contribution in [0.25, 0.3) is 0 Å². The number of rotatable bonds is 2. The lowest BCUT2D eigenvalue weighted by atomic mass is 10.1. The van der Waals surface area contributed by atoms with Crippen LogP contribution in [-0.2, 0) is 14.3 Å². The van der Waals surface area contributed by atoms with Crippen molar-refractivity contribution in [2.24, 2.45) is 0 Å². The maximum absolute atomic E-state index is 11.4. The van der Waals surface area contributed by atoms with Gasteiger partial charge in [0, 0.05) is 26.1 Å². The number of carbonyl (C=O) groups is 2. The number of ketones is 1. The molecular weight excluding hydrogens is 182 g/mol. The first-order valence-corrected chi connectivity index (χ1v) is 5.17. The molecule has 2 aliphatic rings. The van der Waals surface area contributed by atoms with Gasteiger partial charge in [-0.15, -0.1) is 0 Å². The van der Waals surface area contributed by atoms with E-state index in [0.29, 0.717) is 19.5 Å². The van der Waals surface area contributed by atoms with Gasteiger partial charge in [0.1, 0.15) is 5.78 Å². The van der Waals surface area contributed by atoms with Crippen molar-refractivity contribution in [3.8, 4) is 0 Å². The first-order valence-electron chi connectivity index (χ1n) is 5.17. The molecule has 2 saturated heterocycles. The number of nitrogens with zero attached hydrogens (tertiary/aromatic N) is 1. The van der Waals surface area contributed by atoms with Crippen LogP contribution in [0.2, 0.25) is 0 Å². The molecule has 0 aromatic carbocycles. The van der Waals surface area contributed by atoms with Crippen LogP contribution < -0.4 is 0 Å². The molecule has 0 N–H and O–H groups in total. The normalized spacial score (nSPS) is 28.6. The maximum atomic E-state index is 11.4. The number of Topliss-reactive ketones (excluding diaryl/α,β-unsaturated/α-hetero) is 1. The molecule has 0 aliphatic carbocycles. The second-order valence-corrected chi connectivity index (χ2v) is 3.94. The van der Waals surface area contributed by atoms with Gasteiger partial charge in [0.15, 0.2) is 0 Å². The summed E-state index contributed by atoms with van der Waals surface area (Å²) < 4.78 is 5.45. The van der Waals surface area contributed by atoms with Crippen molar-refractivity contribution in [2.75, 3.05) is 19.7 Å². The van der Waals surface area contributed by atoms with E-state index in [-0.39, 0.29) is 24.2 Å². The summed E-state index contributed by atoms with van der Waals surface area (Å²) in [5, 5.41) is 0. The van der Waals surface area contributed by atoms with Crippen molar-refractivity contribution < 1.29 is 14.3 Å². The van der Waals surface area contributed by atoms with E-state index in [1.54, 1.807) is 4.90 Å². The molecule has 0 aromatic rings. The molecule has 0 radical (unpaired) electrons. The van der Waals surface area contributed by atoms with E-state index in [0.717, 1.165) is 19.4 Å². The monoisotopic (exact) mass is 197 g/mol. The van der Waals surface area contributed by atoms with Crippen molar-refractivity contribution >= 4 is 11.7 Å². The molecule has 1 atom stereocenters. The molecule has 2 aliphatic heterocycles. The third kappa shape index (κ3) is 2.12. The molecule has 0 saturated carbocycles. The standard InChI is InChI=1S/C10H15NO3/c12-8-3-4-11(10(13)6-8)7-9-2-1-5-14-9/h9H,1-7H2. The zero-order valence-corrected chi connectivity index (χ0v) is 8.20. The fourth-order valence-corrected chi connectivity index (χ4v) is 1.98. The third-order valence-electron chi connectivity index (χ3n) is 2.81. The Hall–Kier alpha value is -0.900. The van der Waals surface area contributed by atoms with Gasteiger partial charge in [-0.25, -0.2) is 0 Å². The minimum Gasteiger partial charge on any atom is -0.376 e. The highest BCUT2D eigenvalue weighted by atomic mass is 16.5. The molecule has 14 heavy (non-hydrogen) atoms. The highest BCUT2D eigenvalue weighted by Crippen LogP contribution is 2.16. The molecule has 2 heterocycles. The number of piperidine rings is 1. The van der Waals surface area contributed by atoms with Crippen LogP contribution in [0.15, 0.2) is 0 Å². The molecule has 2 fully saturated rings. The van der Waals surface area contributed by atoms with Crippen molar-refractivity contribution in [2.45, 2.75) is 31.8 Å². The smallest absolute Gasteiger partial charge is 0.230 e. The number of hydrogen-bond donors (Lipinski definition) is 0. The summed E-state index contributed by atoms with van der Waals surface area (Å²) in [7, 11) is 0. The highest BCUT2D eigenvalue weighted by molar-refractivity contribution is 6.00. The Balaban J connectivity index is 1.85. The van der Waals surface area contributed by atoms with Crippen LogP contribution >= 0.6 is 0 Å². The molecule has 0 aromatic heterocycles. The van der Waals surface area contributed by atoms with E-state index in [9.17, 15) is 9.59 Å². The van der Waals surface area contributed by atoms with Gasteiger partial charge in [-0.2, -0.15) is 0 Å². The number of hydrogen-bond acceptors (Lipinski definition) is 3. The first-order chi connectivity index (χ1) is 6.75. The molecule has 4 heteroatoms. The van der Waals surface area contributed by atoms with E-state index < -0.39 is 0 Å². The quantitative estimate of drug-likeness (QED) is 0.600. The fraction of sp³-hybridized carbons (Fsp3) is 0.800. The Kier molecular flexibility index (Phi) is 2.82. The van der Waals surface area contributed by atoms with Gasteiger partial charge in [0.2, 0.25) is 5.91 Å². The summed E-state index contributed by atoms with van der Waals surface area (Å²) in [6, 6.07) is 0. The molecule has 1 unspecified atom stereocenters. The topological polar surface area (TPSA) is 46.6 Å². The van der Waals surface area contributed by atoms with E-state index in [1.807, 2.05) is 0 Å². The Morgan fingerprint density at radius 2 is 2.29 bits per heavy atom. The van der Waals surface area contributed by atoms with E-state index >= 15 is 0 Å². The summed E-state index contributed by atoms with van der Waals surface area (Å²) in [5.74, 6) is 0.0374. The summed E-state index contributed by atoms with van der Waals surface area (Å²) >= 11 is 0. The highest BCUT2D eigenvalue weighted by Gasteiger charge is 2.27. The minimum absolute atomic E-state index is 0.0308. The van der Waals surface area contributed by atoms with Crippen LogP contribution in [-0.4, -0.2) is 42.4 Å². The van der Waals surface area contributed by atoms with Gasteiger partial charge in [-0.05, 0) is 12.8 Å². The van der Waals surface area contributed by atoms with Crippen molar-refractivity contribution in [3.63, 3.8) is 0 Å². The summed E-state index contributed by atoms with van der Waals surface area (Å²) in [4.78, 5) is 24.2. The first kappa shape index (κ1) is 9.65. The number of ether oxygens (including phenoxy) is 1. The second kappa shape index (κ2) is 4.09. The third-order valence-corrected chi connectivity index (χ3v) is 2.81. The zero-order valence-electron chi connectivity index (χ0n) is 8.20. The Morgan fingerprint density at radius 1 is 1.43 bits per heavy atom. The molecule has 2 rings (SSSR count). The van der Waals surface area contributed by atoms with Gasteiger partial charge in [0.25, 0.3) is 0 Å². The predicted molar refractivity (Wildman–Crippen MR) is 49.8 cm³/mol. The van der Waals surface area contributed by atoms with E-state index in [2.05, 4.69) is 0 Å². The van der Waals surface area contributed by atoms with E-state index in [4.69, 9.17) is 4.74 Å². The fourth-order valence-electron chi connectivity index (χ4n) is 1.98. The van der Waals surface area contributed by atoms with Crippen LogP contribution in [0.5, 0.6) is 0 Å². The number of amides is 1. The Labute approximate surface area is 83.2 Å². The minimum atomic E-state index is -0.0308. The van der Waals surface area contributed by atoms with Gasteiger partial charge in [-0.3, -0.25) is 9.59 Å². The maximum Gasteiger partial charge on any atom is 0.230 e. The van der Waals surface area contributed by atoms with Gasteiger partial charge in [-0.1, -0.05) is 0 Å². The van der Waals surface area contributed by atoms with Gasteiger partial charge >= 0.3 is 0 Å². The molecule has 0 spiro atoms. The molecule has 78 valence electrons. The van der Waals surface area contributed by atoms with Crippen LogP contribution in [0, 0.1) is 0 Å². The summed E-state index contributed by atoms with van der Waals surface area (Å²) in [6.07, 6.45) is 2.93. The van der Waals surface area contributed by atoms with Crippen molar-refractivity contribution in [1.29, 1.82) is 0 Å². The average Bonchev–Trinajstić information content (AvgIpc) is 2.62. The second-order valence-electron chi connectivity index (χ2n) is 3.94. The molecular formula is C10H15NO3. The van der Waals surface area contributed by atoms with Gasteiger partial charge < -0.3 is 9.64 Å². The van der Waals surface area contributed by atoms with E-state index in [1.165, 1.54) is 0 Å². The molecule has 4 nitrogen and oxygen atoms in total. The van der Waals surface area contributed by atoms with Crippen molar-refractivity contribution in [3.05, 3.63) is 0 Å². The van der Waals surface area contributed by atoms with Crippen LogP contribution in [0.4, 0.5) is 0 Å². The van der Waals surface area contributed by atoms with Crippen molar-refractivity contribution in [1.82, 2.24) is 4.90 Å². The number of carbonyl (C=O) groups excluding carboxylic acids is 2. The molecule has 1 amide bonds. The lowest BCUT2D eigenvalue weighted by Crippen LogP contribution is -2.43. The summed E-state index contributed by atoms with van der Waals surface area (Å²) in [6.45, 7) is 2.06.